The molecule has 2 aliphatic rings. The van der Waals surface area contributed by atoms with Crippen LogP contribution < -0.4 is 5.32 Å². The maximum atomic E-state index is 12.4. The molecule has 0 bridgehead atoms. The van der Waals surface area contributed by atoms with E-state index in [-0.39, 0.29) is 24.6 Å². The van der Waals surface area contributed by atoms with Crippen LogP contribution in [0, 0.1) is 11.8 Å². The van der Waals surface area contributed by atoms with Gasteiger partial charge in [-0.1, -0.05) is 0 Å². The number of piperidine rings is 1. The van der Waals surface area contributed by atoms with E-state index in [1.807, 2.05) is 10.3 Å². The summed E-state index contributed by atoms with van der Waals surface area (Å²) in [6.07, 6.45) is 6.13. The molecule has 20 heavy (non-hydrogen) atoms. The first-order valence-corrected chi connectivity index (χ1v) is 8.21. The zero-order valence-corrected chi connectivity index (χ0v) is 12.3. The first-order valence-electron chi connectivity index (χ1n) is 7.33. The van der Waals surface area contributed by atoms with Crippen molar-refractivity contribution < 1.29 is 9.90 Å². The van der Waals surface area contributed by atoms with Gasteiger partial charge in [0.15, 0.2) is 0 Å². The van der Waals surface area contributed by atoms with Gasteiger partial charge in [0.05, 0.1) is 6.04 Å². The van der Waals surface area contributed by atoms with Crippen LogP contribution in [0.4, 0.5) is 4.79 Å². The lowest BCUT2D eigenvalue weighted by Gasteiger charge is -2.33. The smallest absolute Gasteiger partial charge is 0.317 e. The summed E-state index contributed by atoms with van der Waals surface area (Å²) in [6, 6.07) is 0.0623. The second-order valence-electron chi connectivity index (χ2n) is 5.77. The highest BCUT2D eigenvalue weighted by molar-refractivity contribution is 7.09. The van der Waals surface area contributed by atoms with Crippen molar-refractivity contribution in [2.75, 3.05) is 19.7 Å². The number of amides is 2. The molecule has 2 atom stereocenters. The lowest BCUT2D eigenvalue weighted by molar-refractivity contribution is 0.127. The van der Waals surface area contributed by atoms with Gasteiger partial charge in [-0.05, 0) is 37.5 Å². The van der Waals surface area contributed by atoms with Crippen molar-refractivity contribution in [3.8, 4) is 0 Å². The fourth-order valence-corrected chi connectivity index (χ4v) is 3.60. The Balaban J connectivity index is 1.62. The third-order valence-electron chi connectivity index (χ3n) is 4.15. The number of carbonyl (C=O) groups excluding carboxylic acids is 1. The van der Waals surface area contributed by atoms with Gasteiger partial charge in [0.25, 0.3) is 0 Å². The monoisotopic (exact) mass is 295 g/mol. The van der Waals surface area contributed by atoms with E-state index in [9.17, 15) is 9.90 Å². The van der Waals surface area contributed by atoms with Gasteiger partial charge >= 0.3 is 6.03 Å². The van der Waals surface area contributed by atoms with E-state index in [1.165, 1.54) is 12.8 Å². The third-order valence-corrected chi connectivity index (χ3v) is 5.01. The van der Waals surface area contributed by atoms with Crippen LogP contribution in [0.25, 0.3) is 0 Å². The fraction of sp³-hybridized carbons (Fsp3) is 0.714. The molecule has 2 fully saturated rings. The van der Waals surface area contributed by atoms with Crippen LogP contribution in [0.1, 0.15) is 36.7 Å². The molecular weight excluding hydrogens is 274 g/mol. The molecule has 110 valence electrons. The number of likely N-dealkylation sites (tertiary alicyclic amines) is 1. The normalized spacial score (nSPS) is 24.4. The van der Waals surface area contributed by atoms with Crippen molar-refractivity contribution in [1.29, 1.82) is 0 Å². The molecule has 0 spiro atoms. The number of urea groups is 1. The van der Waals surface area contributed by atoms with Gasteiger partial charge in [-0.15, -0.1) is 11.3 Å². The third kappa shape index (κ3) is 3.12. The van der Waals surface area contributed by atoms with E-state index in [4.69, 9.17) is 0 Å². The van der Waals surface area contributed by atoms with Gasteiger partial charge < -0.3 is 15.3 Å². The first-order chi connectivity index (χ1) is 9.78. The minimum atomic E-state index is -0.00440. The second-order valence-corrected chi connectivity index (χ2v) is 6.70. The highest BCUT2D eigenvalue weighted by atomic mass is 32.1. The molecule has 1 saturated carbocycles. The molecule has 1 aliphatic carbocycles. The number of nitrogens with zero attached hydrogens (tertiary/aromatic N) is 2. The molecule has 1 saturated heterocycles. The van der Waals surface area contributed by atoms with E-state index in [0.717, 1.165) is 24.4 Å². The average molecular weight is 295 g/mol. The standard InChI is InChI=1S/C14H21N3O2S/c18-9-10-2-1-6-17(8-10)14(19)16-12(11-3-4-11)13-15-5-7-20-13/h5,7,10-12,18H,1-4,6,8-9H2,(H,16,19). The molecule has 5 nitrogen and oxygen atoms in total. The van der Waals surface area contributed by atoms with Gasteiger partial charge in [0, 0.05) is 31.3 Å². The van der Waals surface area contributed by atoms with E-state index < -0.39 is 0 Å². The average Bonchev–Trinajstić information content (AvgIpc) is 3.18. The highest BCUT2D eigenvalue weighted by Gasteiger charge is 2.36. The van der Waals surface area contributed by atoms with Crippen LogP contribution in [0.3, 0.4) is 0 Å². The lowest BCUT2D eigenvalue weighted by atomic mass is 9.99. The molecule has 2 amide bonds. The van der Waals surface area contributed by atoms with Crippen molar-refractivity contribution in [2.24, 2.45) is 11.8 Å². The van der Waals surface area contributed by atoms with Gasteiger partial charge in [-0.3, -0.25) is 0 Å². The molecule has 6 heteroatoms. The molecule has 3 rings (SSSR count). The van der Waals surface area contributed by atoms with Crippen molar-refractivity contribution in [3.63, 3.8) is 0 Å². The minimum absolute atomic E-state index is 0.00440. The van der Waals surface area contributed by atoms with Crippen LogP contribution in [0.5, 0.6) is 0 Å². The van der Waals surface area contributed by atoms with Crippen molar-refractivity contribution in [3.05, 3.63) is 16.6 Å². The van der Waals surface area contributed by atoms with Crippen LogP contribution in [-0.2, 0) is 0 Å². The molecule has 2 N–H and O–H groups in total. The highest BCUT2D eigenvalue weighted by Crippen LogP contribution is 2.41. The number of nitrogens with one attached hydrogen (secondary N) is 1. The van der Waals surface area contributed by atoms with E-state index >= 15 is 0 Å². The van der Waals surface area contributed by atoms with Crippen molar-refractivity contribution >= 4 is 17.4 Å². The largest absolute Gasteiger partial charge is 0.396 e. The summed E-state index contributed by atoms with van der Waals surface area (Å²) in [4.78, 5) is 18.6. The maximum absolute atomic E-state index is 12.4. The van der Waals surface area contributed by atoms with Crippen LogP contribution >= 0.6 is 11.3 Å². The Labute approximate surface area is 123 Å². The predicted molar refractivity (Wildman–Crippen MR) is 77.5 cm³/mol. The van der Waals surface area contributed by atoms with Gasteiger partial charge in [-0.25, -0.2) is 9.78 Å². The Morgan fingerprint density at radius 2 is 2.40 bits per heavy atom. The fourth-order valence-electron chi connectivity index (χ4n) is 2.82. The lowest BCUT2D eigenvalue weighted by Crippen LogP contribution is -2.47. The van der Waals surface area contributed by atoms with E-state index in [2.05, 4.69) is 10.3 Å². The number of aliphatic hydroxyl groups excluding tert-OH is 1. The van der Waals surface area contributed by atoms with Crippen molar-refractivity contribution in [2.45, 2.75) is 31.7 Å². The summed E-state index contributed by atoms with van der Waals surface area (Å²) in [6.45, 7) is 1.62. The molecule has 0 aromatic carbocycles. The topological polar surface area (TPSA) is 65.5 Å². The van der Waals surface area contributed by atoms with Crippen LogP contribution in [0.15, 0.2) is 11.6 Å². The molecule has 2 heterocycles. The van der Waals surface area contributed by atoms with E-state index in [0.29, 0.717) is 12.5 Å². The van der Waals surface area contributed by atoms with Gasteiger partial charge in [0.1, 0.15) is 5.01 Å². The molecular formula is C14H21N3O2S. The summed E-state index contributed by atoms with van der Waals surface area (Å²) < 4.78 is 0. The van der Waals surface area contributed by atoms with Crippen molar-refractivity contribution in [1.82, 2.24) is 15.2 Å². The Morgan fingerprint density at radius 1 is 1.55 bits per heavy atom. The quantitative estimate of drug-likeness (QED) is 0.893. The molecule has 0 radical (unpaired) electrons. The molecule has 2 unspecified atom stereocenters. The zero-order valence-electron chi connectivity index (χ0n) is 11.5. The Kier molecular flexibility index (Phi) is 4.21. The predicted octanol–water partition coefficient (Wildman–Crippen LogP) is 2.01. The second kappa shape index (κ2) is 6.10. The first kappa shape index (κ1) is 13.8. The number of carbonyl (C=O) groups is 1. The minimum Gasteiger partial charge on any atom is -0.396 e. The summed E-state index contributed by atoms with van der Waals surface area (Å²) in [5, 5.41) is 15.4. The number of aromatic nitrogens is 1. The van der Waals surface area contributed by atoms with Gasteiger partial charge in [-0.2, -0.15) is 0 Å². The molecule has 1 aliphatic heterocycles. The molecule has 1 aromatic heterocycles. The van der Waals surface area contributed by atoms with Crippen LogP contribution in [0.2, 0.25) is 0 Å². The summed E-state index contributed by atoms with van der Waals surface area (Å²) >= 11 is 1.61. The number of rotatable bonds is 4. The number of aliphatic hydroxyl groups is 1. The summed E-state index contributed by atoms with van der Waals surface area (Å²) in [5.74, 6) is 0.775. The maximum Gasteiger partial charge on any atom is 0.317 e. The van der Waals surface area contributed by atoms with E-state index in [1.54, 1.807) is 17.5 Å². The Hall–Kier alpha value is -1.14. The van der Waals surface area contributed by atoms with Crippen LogP contribution in [-0.4, -0.2) is 40.7 Å². The molecule has 1 aromatic rings. The number of hydrogen-bond donors (Lipinski definition) is 2. The van der Waals surface area contributed by atoms with Gasteiger partial charge in [0.2, 0.25) is 0 Å². The SMILES string of the molecule is O=C(NC(c1nccs1)C1CC1)N1CCCC(CO)C1. The summed E-state index contributed by atoms with van der Waals surface area (Å²) in [5.41, 5.74) is 0. The zero-order chi connectivity index (χ0) is 13.9. The number of thiazole rings is 1. The Morgan fingerprint density at radius 3 is 3.05 bits per heavy atom. The Bertz CT molecular complexity index is 447. The number of hydrogen-bond acceptors (Lipinski definition) is 4. The summed E-state index contributed by atoms with van der Waals surface area (Å²) in [7, 11) is 0.